The van der Waals surface area contributed by atoms with Gasteiger partial charge in [0.25, 0.3) is 0 Å². The average Bonchev–Trinajstić information content (AvgIpc) is 2.51. The van der Waals surface area contributed by atoms with Crippen LogP contribution in [0.25, 0.3) is 0 Å². The van der Waals surface area contributed by atoms with Crippen molar-refractivity contribution in [2.24, 2.45) is 0 Å². The van der Waals surface area contributed by atoms with Gasteiger partial charge in [0.2, 0.25) is 0 Å². The Kier molecular flexibility index (Phi) is 5.27. The topological polar surface area (TPSA) is 41.5 Å². The fourth-order valence-electron chi connectivity index (χ4n) is 2.02. The smallest absolute Gasteiger partial charge is 0.194 e. The minimum Gasteiger partial charge on any atom is -0.494 e. The molecular weight excluding hydrogens is 295 g/mol. The predicted octanol–water partition coefficient (Wildman–Crippen LogP) is 3.61. The van der Waals surface area contributed by atoms with Crippen LogP contribution in [-0.2, 0) is 13.2 Å². The van der Waals surface area contributed by atoms with Crippen molar-refractivity contribution in [1.29, 1.82) is 0 Å². The van der Waals surface area contributed by atoms with Crippen LogP contribution in [0.5, 0.6) is 5.75 Å². The molecule has 2 aromatic rings. The maximum atomic E-state index is 13.1. The van der Waals surface area contributed by atoms with Gasteiger partial charge in [-0.15, -0.1) is 0 Å². The van der Waals surface area contributed by atoms with Gasteiger partial charge in [0.15, 0.2) is 17.5 Å². The largest absolute Gasteiger partial charge is 0.494 e. The summed E-state index contributed by atoms with van der Waals surface area (Å²) in [6, 6.07) is 6.98. The summed E-state index contributed by atoms with van der Waals surface area (Å²) in [5.74, 6) is -3.35. The highest BCUT2D eigenvalue weighted by atomic mass is 19.2. The Labute approximate surface area is 126 Å². The van der Waals surface area contributed by atoms with Gasteiger partial charge in [-0.25, -0.2) is 13.2 Å². The Morgan fingerprint density at radius 3 is 2.36 bits per heavy atom. The van der Waals surface area contributed by atoms with E-state index in [1.807, 2.05) is 6.92 Å². The van der Waals surface area contributed by atoms with Crippen LogP contribution in [0.15, 0.2) is 30.3 Å². The number of hydrogen-bond acceptors (Lipinski definition) is 3. The lowest BCUT2D eigenvalue weighted by molar-refractivity contribution is 0.267. The number of halogens is 3. The third kappa shape index (κ3) is 3.71. The molecule has 0 spiro atoms. The van der Waals surface area contributed by atoms with E-state index in [4.69, 9.17) is 4.74 Å². The molecule has 0 unspecified atom stereocenters. The van der Waals surface area contributed by atoms with Crippen LogP contribution in [0.1, 0.15) is 18.1 Å². The van der Waals surface area contributed by atoms with Crippen LogP contribution in [0.4, 0.5) is 18.9 Å². The quantitative estimate of drug-likeness (QED) is 0.801. The van der Waals surface area contributed by atoms with E-state index in [9.17, 15) is 18.3 Å². The van der Waals surface area contributed by atoms with Crippen molar-refractivity contribution < 1.29 is 23.0 Å². The maximum Gasteiger partial charge on any atom is 0.194 e. The monoisotopic (exact) mass is 311 g/mol. The highest BCUT2D eigenvalue weighted by molar-refractivity contribution is 5.51. The molecule has 0 fully saturated rings. The van der Waals surface area contributed by atoms with E-state index >= 15 is 0 Å². The molecule has 2 rings (SSSR count). The second-order valence-corrected chi connectivity index (χ2v) is 4.64. The minimum atomic E-state index is -1.48. The zero-order valence-electron chi connectivity index (χ0n) is 12.0. The lowest BCUT2D eigenvalue weighted by Crippen LogP contribution is -2.04. The Morgan fingerprint density at radius 2 is 1.77 bits per heavy atom. The van der Waals surface area contributed by atoms with Gasteiger partial charge in [-0.1, -0.05) is 0 Å². The predicted molar refractivity (Wildman–Crippen MR) is 77.2 cm³/mol. The summed E-state index contributed by atoms with van der Waals surface area (Å²) in [6.45, 7) is 2.25. The summed E-state index contributed by atoms with van der Waals surface area (Å²) in [4.78, 5) is 0. The van der Waals surface area contributed by atoms with Crippen LogP contribution in [0.3, 0.4) is 0 Å². The van der Waals surface area contributed by atoms with Gasteiger partial charge >= 0.3 is 0 Å². The second-order valence-electron chi connectivity index (χ2n) is 4.64. The number of rotatable bonds is 6. The van der Waals surface area contributed by atoms with Gasteiger partial charge < -0.3 is 15.2 Å². The molecule has 0 atom stereocenters. The molecule has 6 heteroatoms. The molecule has 0 aliphatic rings. The average molecular weight is 311 g/mol. The van der Waals surface area contributed by atoms with Crippen molar-refractivity contribution in [1.82, 2.24) is 0 Å². The van der Waals surface area contributed by atoms with Gasteiger partial charge in [-0.3, -0.25) is 0 Å². The standard InChI is InChI=1S/C16H16F3NO2/c1-2-22-15-4-3-12(7-11(15)9-21)20-8-10-5-13(17)16(19)14(18)6-10/h3-7,20-21H,2,8-9H2,1H3. The van der Waals surface area contributed by atoms with E-state index in [0.717, 1.165) is 12.1 Å². The Hall–Kier alpha value is -2.21. The Balaban J connectivity index is 2.11. The normalized spacial score (nSPS) is 10.6. The molecular formula is C16H16F3NO2. The molecule has 0 heterocycles. The van der Waals surface area contributed by atoms with E-state index < -0.39 is 17.5 Å². The Bertz CT molecular complexity index is 639. The Morgan fingerprint density at radius 1 is 1.09 bits per heavy atom. The van der Waals surface area contributed by atoms with Gasteiger partial charge in [0.1, 0.15) is 5.75 Å². The number of nitrogens with one attached hydrogen (secondary N) is 1. The van der Waals surface area contributed by atoms with Crippen LogP contribution in [-0.4, -0.2) is 11.7 Å². The number of benzene rings is 2. The van der Waals surface area contributed by atoms with E-state index in [1.165, 1.54) is 0 Å². The third-order valence-corrected chi connectivity index (χ3v) is 3.07. The molecule has 0 saturated carbocycles. The first-order valence-corrected chi connectivity index (χ1v) is 6.79. The molecule has 2 aromatic carbocycles. The molecule has 0 bridgehead atoms. The zero-order valence-corrected chi connectivity index (χ0v) is 12.0. The van der Waals surface area contributed by atoms with Gasteiger partial charge in [-0.2, -0.15) is 0 Å². The highest BCUT2D eigenvalue weighted by Gasteiger charge is 2.10. The van der Waals surface area contributed by atoms with E-state index in [2.05, 4.69) is 5.32 Å². The first-order chi connectivity index (χ1) is 10.5. The summed E-state index contributed by atoms with van der Waals surface area (Å²) in [5.41, 5.74) is 1.52. The first kappa shape index (κ1) is 16.2. The molecule has 2 N–H and O–H groups in total. The number of anilines is 1. The molecule has 0 aromatic heterocycles. The van der Waals surface area contributed by atoms with Gasteiger partial charge in [0.05, 0.1) is 13.2 Å². The SMILES string of the molecule is CCOc1ccc(NCc2cc(F)c(F)c(F)c2)cc1CO. The highest BCUT2D eigenvalue weighted by Crippen LogP contribution is 2.23. The molecule has 118 valence electrons. The summed E-state index contributed by atoms with van der Waals surface area (Å²) < 4.78 is 44.5. The number of hydrogen-bond donors (Lipinski definition) is 2. The molecule has 0 radical (unpaired) electrons. The van der Waals surface area contributed by atoms with Crippen molar-refractivity contribution in [3.05, 3.63) is 58.9 Å². The summed E-state index contributed by atoms with van der Waals surface area (Å²) in [5, 5.41) is 12.3. The van der Waals surface area contributed by atoms with E-state index in [-0.39, 0.29) is 18.7 Å². The first-order valence-electron chi connectivity index (χ1n) is 6.79. The summed E-state index contributed by atoms with van der Waals surface area (Å²) in [6.07, 6.45) is 0. The molecule has 0 saturated heterocycles. The fraction of sp³-hybridized carbons (Fsp3) is 0.250. The molecule has 3 nitrogen and oxygen atoms in total. The molecule has 0 aliphatic heterocycles. The van der Waals surface area contributed by atoms with Crippen molar-refractivity contribution in [3.8, 4) is 5.75 Å². The molecule has 22 heavy (non-hydrogen) atoms. The summed E-state index contributed by atoms with van der Waals surface area (Å²) >= 11 is 0. The molecule has 0 aliphatic carbocycles. The number of aliphatic hydroxyl groups excluding tert-OH is 1. The minimum absolute atomic E-state index is 0.118. The van der Waals surface area contributed by atoms with Crippen LogP contribution in [0.2, 0.25) is 0 Å². The van der Waals surface area contributed by atoms with Crippen molar-refractivity contribution in [2.45, 2.75) is 20.1 Å². The van der Waals surface area contributed by atoms with Crippen LogP contribution >= 0.6 is 0 Å². The fourth-order valence-corrected chi connectivity index (χ4v) is 2.02. The maximum absolute atomic E-state index is 13.1. The van der Waals surface area contributed by atoms with Crippen molar-refractivity contribution in [2.75, 3.05) is 11.9 Å². The van der Waals surface area contributed by atoms with Crippen molar-refractivity contribution in [3.63, 3.8) is 0 Å². The lowest BCUT2D eigenvalue weighted by atomic mass is 10.1. The number of ether oxygens (including phenoxy) is 1. The molecule has 0 amide bonds. The summed E-state index contributed by atoms with van der Waals surface area (Å²) in [7, 11) is 0. The second kappa shape index (κ2) is 7.17. The van der Waals surface area contributed by atoms with Crippen molar-refractivity contribution >= 4 is 5.69 Å². The van der Waals surface area contributed by atoms with Crippen LogP contribution < -0.4 is 10.1 Å². The van der Waals surface area contributed by atoms with E-state index in [0.29, 0.717) is 23.6 Å². The number of aliphatic hydroxyl groups is 1. The third-order valence-electron chi connectivity index (χ3n) is 3.07. The zero-order chi connectivity index (χ0) is 16.1. The van der Waals surface area contributed by atoms with E-state index in [1.54, 1.807) is 18.2 Å². The van der Waals surface area contributed by atoms with Gasteiger partial charge in [0, 0.05) is 17.8 Å². The van der Waals surface area contributed by atoms with Crippen LogP contribution in [0, 0.1) is 17.5 Å². The lowest BCUT2D eigenvalue weighted by Gasteiger charge is -2.12. The van der Waals surface area contributed by atoms with Gasteiger partial charge in [-0.05, 0) is 42.8 Å².